The average molecular weight is 360 g/mol. The molecule has 1 aliphatic heterocycles. The molecule has 25 heavy (non-hydrogen) atoms. The molecule has 7 heteroatoms. The van der Waals surface area contributed by atoms with Crippen molar-refractivity contribution < 1.29 is 14.3 Å². The number of carbonyl (C=O) groups excluding carboxylic acids is 2. The standard InChI is InChI=1S/C18H18ClN3O3/c1-10(11-3-2-4-12(19)5-11)22-16(6-13(7-23)21-22)18(24)20-17-14-8-25-9-15(14)17/h2-7,10,14-15,17H,8-9H2,1H3,(H,20,24). The normalized spacial score (nSPS) is 25.3. The van der Waals surface area contributed by atoms with Crippen molar-refractivity contribution in [3.8, 4) is 0 Å². The van der Waals surface area contributed by atoms with E-state index in [1.165, 1.54) is 6.07 Å². The van der Waals surface area contributed by atoms with E-state index in [2.05, 4.69) is 10.4 Å². The Bertz CT molecular complexity index is 825. The third-order valence-electron chi connectivity index (χ3n) is 5.06. The summed E-state index contributed by atoms with van der Waals surface area (Å²) in [5, 5.41) is 7.94. The number of nitrogens with zero attached hydrogens (tertiary/aromatic N) is 2. The van der Waals surface area contributed by atoms with E-state index in [1.54, 1.807) is 10.7 Å². The molecule has 1 saturated heterocycles. The van der Waals surface area contributed by atoms with Gasteiger partial charge in [-0.05, 0) is 30.7 Å². The van der Waals surface area contributed by atoms with Gasteiger partial charge in [-0.25, -0.2) is 0 Å². The van der Waals surface area contributed by atoms with E-state index in [4.69, 9.17) is 16.3 Å². The highest BCUT2D eigenvalue weighted by Crippen LogP contribution is 2.44. The molecule has 1 N–H and O–H groups in total. The molecule has 6 nitrogen and oxygen atoms in total. The number of amides is 1. The molecule has 3 unspecified atom stereocenters. The van der Waals surface area contributed by atoms with Gasteiger partial charge in [0.25, 0.3) is 5.91 Å². The third-order valence-corrected chi connectivity index (χ3v) is 5.29. The number of benzene rings is 1. The summed E-state index contributed by atoms with van der Waals surface area (Å²) in [7, 11) is 0. The van der Waals surface area contributed by atoms with E-state index < -0.39 is 0 Å². The van der Waals surface area contributed by atoms with Gasteiger partial charge in [-0.3, -0.25) is 14.3 Å². The molecule has 1 aliphatic carbocycles. The molecule has 1 aromatic heterocycles. The van der Waals surface area contributed by atoms with Crippen LogP contribution >= 0.6 is 11.6 Å². The molecule has 3 atom stereocenters. The number of halogens is 1. The Kier molecular flexibility index (Phi) is 4.09. The van der Waals surface area contributed by atoms with Crippen LogP contribution in [-0.4, -0.2) is 41.2 Å². The monoisotopic (exact) mass is 359 g/mol. The van der Waals surface area contributed by atoms with E-state index in [9.17, 15) is 9.59 Å². The van der Waals surface area contributed by atoms with E-state index in [-0.39, 0.29) is 23.7 Å². The molecule has 0 radical (unpaired) electrons. The van der Waals surface area contributed by atoms with Crippen molar-refractivity contribution in [3.05, 3.63) is 52.3 Å². The number of aldehydes is 1. The summed E-state index contributed by atoms with van der Waals surface area (Å²) >= 11 is 6.07. The lowest BCUT2D eigenvalue weighted by Crippen LogP contribution is -2.32. The molecule has 130 valence electrons. The summed E-state index contributed by atoms with van der Waals surface area (Å²) in [4.78, 5) is 23.9. The van der Waals surface area contributed by atoms with Gasteiger partial charge in [0.2, 0.25) is 0 Å². The van der Waals surface area contributed by atoms with Gasteiger partial charge in [-0.1, -0.05) is 23.7 Å². The lowest BCUT2D eigenvalue weighted by Gasteiger charge is -2.16. The zero-order valence-corrected chi connectivity index (χ0v) is 14.4. The molecule has 2 aliphatic rings. The fourth-order valence-electron chi connectivity index (χ4n) is 3.52. The predicted molar refractivity (Wildman–Crippen MR) is 91.9 cm³/mol. The number of hydrogen-bond acceptors (Lipinski definition) is 4. The van der Waals surface area contributed by atoms with Crippen LogP contribution in [0.1, 0.15) is 39.5 Å². The first-order valence-electron chi connectivity index (χ1n) is 8.27. The second kappa shape index (κ2) is 6.28. The molecule has 1 saturated carbocycles. The Balaban J connectivity index is 1.60. The van der Waals surface area contributed by atoms with Gasteiger partial charge in [0, 0.05) is 22.9 Å². The minimum atomic E-state index is -0.227. The van der Waals surface area contributed by atoms with Gasteiger partial charge in [0.05, 0.1) is 19.3 Å². The molecule has 0 spiro atoms. The van der Waals surface area contributed by atoms with Crippen LogP contribution < -0.4 is 5.32 Å². The highest BCUT2D eigenvalue weighted by molar-refractivity contribution is 6.30. The molecular weight excluding hydrogens is 342 g/mol. The Morgan fingerprint density at radius 1 is 1.40 bits per heavy atom. The Labute approximate surface area is 150 Å². The van der Waals surface area contributed by atoms with E-state index in [0.29, 0.717) is 42.1 Å². The van der Waals surface area contributed by atoms with E-state index >= 15 is 0 Å². The smallest absolute Gasteiger partial charge is 0.269 e. The summed E-state index contributed by atoms with van der Waals surface area (Å²) in [5.74, 6) is 0.612. The number of nitrogens with one attached hydrogen (secondary N) is 1. The lowest BCUT2D eigenvalue weighted by molar-refractivity contribution is 0.0916. The largest absolute Gasteiger partial charge is 0.381 e. The van der Waals surface area contributed by atoms with Gasteiger partial charge in [0.15, 0.2) is 6.29 Å². The number of aromatic nitrogens is 2. The van der Waals surface area contributed by atoms with Crippen molar-refractivity contribution >= 4 is 23.8 Å². The van der Waals surface area contributed by atoms with E-state index in [1.807, 2.05) is 25.1 Å². The Hall–Kier alpha value is -2.18. The van der Waals surface area contributed by atoms with Gasteiger partial charge < -0.3 is 10.1 Å². The third kappa shape index (κ3) is 2.96. The Morgan fingerprint density at radius 3 is 2.84 bits per heavy atom. The minimum Gasteiger partial charge on any atom is -0.381 e. The predicted octanol–water partition coefficient (Wildman–Crippen LogP) is 2.33. The molecule has 0 bridgehead atoms. The van der Waals surface area contributed by atoms with Gasteiger partial charge >= 0.3 is 0 Å². The quantitative estimate of drug-likeness (QED) is 0.831. The first kappa shape index (κ1) is 16.3. The highest BCUT2D eigenvalue weighted by atomic mass is 35.5. The maximum absolute atomic E-state index is 12.7. The van der Waals surface area contributed by atoms with Crippen LogP contribution in [0.2, 0.25) is 5.02 Å². The van der Waals surface area contributed by atoms with Gasteiger partial charge in [-0.15, -0.1) is 0 Å². The Morgan fingerprint density at radius 2 is 2.16 bits per heavy atom. The number of ether oxygens (including phenoxy) is 1. The van der Waals surface area contributed by atoms with Crippen LogP contribution in [-0.2, 0) is 4.74 Å². The van der Waals surface area contributed by atoms with Crippen molar-refractivity contribution in [2.45, 2.75) is 19.0 Å². The number of hydrogen-bond donors (Lipinski definition) is 1. The van der Waals surface area contributed by atoms with Crippen molar-refractivity contribution in [1.82, 2.24) is 15.1 Å². The van der Waals surface area contributed by atoms with Crippen LogP contribution in [0.25, 0.3) is 0 Å². The van der Waals surface area contributed by atoms with E-state index in [0.717, 1.165) is 5.56 Å². The summed E-state index contributed by atoms with van der Waals surface area (Å²) in [6, 6.07) is 8.85. The molecule has 4 rings (SSSR count). The molecule has 2 heterocycles. The minimum absolute atomic E-state index is 0.158. The zero-order valence-electron chi connectivity index (χ0n) is 13.7. The van der Waals surface area contributed by atoms with Crippen LogP contribution in [0.3, 0.4) is 0 Å². The molecule has 1 aromatic carbocycles. The van der Waals surface area contributed by atoms with Crippen molar-refractivity contribution in [2.24, 2.45) is 11.8 Å². The van der Waals surface area contributed by atoms with Crippen LogP contribution in [0.5, 0.6) is 0 Å². The molecular formula is C18H18ClN3O3. The highest BCUT2D eigenvalue weighted by Gasteiger charge is 2.55. The number of fused-ring (bicyclic) bond motifs is 1. The summed E-state index contributed by atoms with van der Waals surface area (Å²) in [6.07, 6.45) is 0.650. The second-order valence-electron chi connectivity index (χ2n) is 6.61. The maximum atomic E-state index is 12.7. The topological polar surface area (TPSA) is 73.2 Å². The van der Waals surface area contributed by atoms with Crippen molar-refractivity contribution in [1.29, 1.82) is 0 Å². The number of rotatable bonds is 5. The lowest BCUT2D eigenvalue weighted by atomic mass is 10.1. The summed E-state index contributed by atoms with van der Waals surface area (Å²) < 4.78 is 6.93. The zero-order chi connectivity index (χ0) is 17.6. The first-order chi connectivity index (χ1) is 12.1. The average Bonchev–Trinajstić information content (AvgIpc) is 3.02. The molecule has 1 amide bonds. The van der Waals surface area contributed by atoms with Crippen LogP contribution in [0.4, 0.5) is 0 Å². The maximum Gasteiger partial charge on any atom is 0.269 e. The van der Waals surface area contributed by atoms with Gasteiger partial charge in [-0.2, -0.15) is 5.10 Å². The van der Waals surface area contributed by atoms with Crippen molar-refractivity contribution in [2.75, 3.05) is 13.2 Å². The number of carbonyl (C=O) groups is 2. The fourth-order valence-corrected chi connectivity index (χ4v) is 3.72. The summed E-state index contributed by atoms with van der Waals surface area (Å²) in [5.41, 5.74) is 1.53. The van der Waals surface area contributed by atoms with Crippen LogP contribution in [0, 0.1) is 11.8 Å². The first-order valence-corrected chi connectivity index (χ1v) is 8.65. The second-order valence-corrected chi connectivity index (χ2v) is 7.05. The molecule has 2 fully saturated rings. The van der Waals surface area contributed by atoms with Crippen LogP contribution in [0.15, 0.2) is 30.3 Å². The summed E-state index contributed by atoms with van der Waals surface area (Å²) in [6.45, 7) is 3.32. The molecule has 2 aromatic rings. The fraction of sp³-hybridized carbons (Fsp3) is 0.389. The van der Waals surface area contributed by atoms with Gasteiger partial charge in [0.1, 0.15) is 11.4 Å². The van der Waals surface area contributed by atoms with Crippen molar-refractivity contribution in [3.63, 3.8) is 0 Å². The SMILES string of the molecule is CC(c1cccc(Cl)c1)n1nc(C=O)cc1C(=O)NC1C2COCC21.